The van der Waals surface area contributed by atoms with Crippen LogP contribution in [-0.2, 0) is 0 Å². The molecule has 4 aromatic rings. The molecule has 3 heterocycles. The molecule has 0 aliphatic carbocycles. The van der Waals surface area contributed by atoms with Gasteiger partial charge in [0, 0.05) is 17.1 Å². The van der Waals surface area contributed by atoms with E-state index >= 15 is 0 Å². The number of phenolic OH excluding ortho intramolecular Hbond substituents is 1. The van der Waals surface area contributed by atoms with E-state index in [1.165, 1.54) is 11.3 Å². The van der Waals surface area contributed by atoms with E-state index in [-0.39, 0.29) is 5.75 Å². The van der Waals surface area contributed by atoms with Gasteiger partial charge in [-0.15, -0.1) is 11.3 Å². The fourth-order valence-corrected chi connectivity index (χ4v) is 2.69. The average Bonchev–Trinajstić information content (AvgIpc) is 3.08. The normalized spacial score (nSPS) is 10.8. The van der Waals surface area contributed by atoms with Crippen molar-refractivity contribution in [3.8, 4) is 17.1 Å². The van der Waals surface area contributed by atoms with Crippen molar-refractivity contribution in [2.45, 2.75) is 0 Å². The topological polar surface area (TPSA) is 83.8 Å². The second-order valence-corrected chi connectivity index (χ2v) is 5.73. The third-order valence-corrected chi connectivity index (χ3v) is 3.93. The molecule has 4 rings (SSSR count). The fraction of sp³-hybridized carbons (Fsp3) is 0. The highest BCUT2D eigenvalue weighted by molar-refractivity contribution is 7.13. The number of rotatable bonds is 3. The predicted octanol–water partition coefficient (Wildman–Crippen LogP) is 3.60. The van der Waals surface area contributed by atoms with Crippen LogP contribution in [0.4, 0.5) is 10.8 Å². The molecule has 112 valence electrons. The van der Waals surface area contributed by atoms with Gasteiger partial charge in [0.2, 0.25) is 0 Å². The van der Waals surface area contributed by atoms with Crippen LogP contribution in [0.25, 0.3) is 22.4 Å². The summed E-state index contributed by atoms with van der Waals surface area (Å²) < 4.78 is 0. The molecule has 0 aliphatic rings. The lowest BCUT2D eigenvalue weighted by molar-refractivity contribution is 0.475. The second-order valence-electron chi connectivity index (χ2n) is 4.83. The highest BCUT2D eigenvalue weighted by Crippen LogP contribution is 2.23. The molecule has 2 N–H and O–H groups in total. The lowest BCUT2D eigenvalue weighted by Crippen LogP contribution is -1.94. The van der Waals surface area contributed by atoms with Crippen molar-refractivity contribution in [1.29, 1.82) is 0 Å². The van der Waals surface area contributed by atoms with E-state index in [1.54, 1.807) is 42.9 Å². The van der Waals surface area contributed by atoms with Crippen molar-refractivity contribution < 1.29 is 5.11 Å². The van der Waals surface area contributed by atoms with Crippen LogP contribution in [0, 0.1) is 0 Å². The van der Waals surface area contributed by atoms with Gasteiger partial charge in [0.1, 0.15) is 11.3 Å². The standard InChI is InChI=1S/C16H11N5OS/c22-12-3-1-10(2-4-12)15-19-9-14-13(21-15)7-11(8-18-14)20-16-17-5-6-23-16/h1-9,22H,(H,17,20). The highest BCUT2D eigenvalue weighted by atomic mass is 32.1. The van der Waals surface area contributed by atoms with Gasteiger partial charge in [-0.1, -0.05) is 0 Å². The fourth-order valence-electron chi connectivity index (χ4n) is 2.14. The molecule has 0 saturated carbocycles. The van der Waals surface area contributed by atoms with Gasteiger partial charge in [0.15, 0.2) is 11.0 Å². The Morgan fingerprint density at radius 3 is 2.61 bits per heavy atom. The Morgan fingerprint density at radius 2 is 1.83 bits per heavy atom. The van der Waals surface area contributed by atoms with Crippen molar-refractivity contribution in [2.24, 2.45) is 0 Å². The van der Waals surface area contributed by atoms with Crippen LogP contribution in [0.1, 0.15) is 0 Å². The molecule has 7 heteroatoms. The average molecular weight is 321 g/mol. The van der Waals surface area contributed by atoms with Gasteiger partial charge < -0.3 is 10.4 Å². The van der Waals surface area contributed by atoms with E-state index in [9.17, 15) is 5.11 Å². The zero-order chi connectivity index (χ0) is 15.6. The van der Waals surface area contributed by atoms with Gasteiger partial charge in [0.25, 0.3) is 0 Å². The predicted molar refractivity (Wildman–Crippen MR) is 89.8 cm³/mol. The molecular formula is C16H11N5OS. The highest BCUT2D eigenvalue weighted by Gasteiger charge is 2.06. The van der Waals surface area contributed by atoms with Gasteiger partial charge in [-0.2, -0.15) is 0 Å². The number of thiazole rings is 1. The summed E-state index contributed by atoms with van der Waals surface area (Å²) in [6, 6.07) is 8.70. The van der Waals surface area contributed by atoms with Crippen LogP contribution in [0.3, 0.4) is 0 Å². The van der Waals surface area contributed by atoms with Crippen LogP contribution in [0.5, 0.6) is 5.75 Å². The van der Waals surface area contributed by atoms with Gasteiger partial charge in [-0.25, -0.2) is 15.0 Å². The minimum absolute atomic E-state index is 0.214. The molecule has 0 bridgehead atoms. The maximum absolute atomic E-state index is 9.37. The van der Waals surface area contributed by atoms with Gasteiger partial charge in [-0.05, 0) is 30.3 Å². The summed E-state index contributed by atoms with van der Waals surface area (Å²) in [5.41, 5.74) is 3.12. The van der Waals surface area contributed by atoms with E-state index in [2.05, 4.69) is 25.3 Å². The van der Waals surface area contributed by atoms with Crippen molar-refractivity contribution in [2.75, 3.05) is 5.32 Å². The van der Waals surface area contributed by atoms with Crippen molar-refractivity contribution in [3.63, 3.8) is 0 Å². The Hall–Kier alpha value is -3.06. The minimum Gasteiger partial charge on any atom is -0.508 e. The quantitative estimate of drug-likeness (QED) is 0.600. The first-order valence-corrected chi connectivity index (χ1v) is 7.75. The first-order chi connectivity index (χ1) is 11.3. The third-order valence-electron chi connectivity index (χ3n) is 3.24. The molecular weight excluding hydrogens is 310 g/mol. The summed E-state index contributed by atoms with van der Waals surface area (Å²) in [5, 5.41) is 15.3. The molecule has 0 spiro atoms. The largest absolute Gasteiger partial charge is 0.508 e. The number of aromatic nitrogens is 4. The Bertz CT molecular complexity index is 954. The number of hydrogen-bond acceptors (Lipinski definition) is 7. The van der Waals surface area contributed by atoms with Crippen LogP contribution >= 0.6 is 11.3 Å². The number of aromatic hydroxyl groups is 1. The maximum atomic E-state index is 9.37. The first-order valence-electron chi connectivity index (χ1n) is 6.87. The van der Waals surface area contributed by atoms with Crippen molar-refractivity contribution >= 4 is 33.2 Å². The van der Waals surface area contributed by atoms with Crippen molar-refractivity contribution in [3.05, 3.63) is 54.3 Å². The molecule has 0 atom stereocenters. The van der Waals surface area contributed by atoms with Gasteiger partial charge in [0.05, 0.1) is 23.6 Å². The molecule has 0 amide bonds. The zero-order valence-electron chi connectivity index (χ0n) is 11.8. The van der Waals surface area contributed by atoms with Gasteiger partial charge >= 0.3 is 0 Å². The number of phenols is 1. The minimum atomic E-state index is 0.214. The molecule has 3 aromatic heterocycles. The third kappa shape index (κ3) is 2.82. The SMILES string of the molecule is Oc1ccc(-c2ncc3ncc(Nc4nccs4)cc3n2)cc1. The smallest absolute Gasteiger partial charge is 0.187 e. The summed E-state index contributed by atoms with van der Waals surface area (Å²) in [5.74, 6) is 0.803. The molecule has 23 heavy (non-hydrogen) atoms. The van der Waals surface area contributed by atoms with Crippen LogP contribution in [0.2, 0.25) is 0 Å². The van der Waals surface area contributed by atoms with Crippen LogP contribution < -0.4 is 5.32 Å². The lowest BCUT2D eigenvalue weighted by atomic mass is 10.2. The molecule has 0 fully saturated rings. The zero-order valence-corrected chi connectivity index (χ0v) is 12.7. The summed E-state index contributed by atoms with van der Waals surface area (Å²) in [4.78, 5) is 17.4. The van der Waals surface area contributed by atoms with E-state index in [0.29, 0.717) is 5.82 Å². The van der Waals surface area contributed by atoms with Crippen LogP contribution in [0.15, 0.2) is 54.3 Å². The Morgan fingerprint density at radius 1 is 0.957 bits per heavy atom. The Balaban J connectivity index is 1.73. The number of fused-ring (bicyclic) bond motifs is 1. The number of nitrogens with one attached hydrogen (secondary N) is 1. The number of pyridine rings is 1. The molecule has 1 aromatic carbocycles. The van der Waals surface area contributed by atoms with Gasteiger partial charge in [-0.3, -0.25) is 4.98 Å². The summed E-state index contributed by atoms with van der Waals surface area (Å²) in [6.07, 6.45) is 5.16. The Labute approximate surface area is 135 Å². The van der Waals surface area contributed by atoms with Crippen molar-refractivity contribution in [1.82, 2.24) is 19.9 Å². The molecule has 0 aliphatic heterocycles. The monoisotopic (exact) mass is 321 g/mol. The van der Waals surface area contributed by atoms with Crippen LogP contribution in [-0.4, -0.2) is 25.0 Å². The maximum Gasteiger partial charge on any atom is 0.187 e. The number of anilines is 2. The second kappa shape index (κ2) is 5.62. The number of hydrogen-bond donors (Lipinski definition) is 2. The number of benzene rings is 1. The summed E-state index contributed by atoms with van der Waals surface area (Å²) >= 11 is 1.52. The number of nitrogens with zero attached hydrogens (tertiary/aromatic N) is 4. The van der Waals surface area contributed by atoms with E-state index in [4.69, 9.17) is 0 Å². The lowest BCUT2D eigenvalue weighted by Gasteiger charge is -2.05. The molecule has 0 saturated heterocycles. The molecule has 0 unspecified atom stereocenters. The summed E-state index contributed by atoms with van der Waals surface area (Å²) in [6.45, 7) is 0. The van der Waals surface area contributed by atoms with E-state index in [1.807, 2.05) is 11.4 Å². The first kappa shape index (κ1) is 13.6. The Kier molecular flexibility index (Phi) is 3.32. The molecule has 6 nitrogen and oxygen atoms in total. The summed E-state index contributed by atoms with van der Waals surface area (Å²) in [7, 11) is 0. The molecule has 0 radical (unpaired) electrons. The van der Waals surface area contributed by atoms with E-state index in [0.717, 1.165) is 27.4 Å². The van der Waals surface area contributed by atoms with E-state index < -0.39 is 0 Å².